The van der Waals surface area contributed by atoms with Crippen LogP contribution in [-0.2, 0) is 9.59 Å². The van der Waals surface area contributed by atoms with Crippen molar-refractivity contribution in [1.82, 2.24) is 5.32 Å². The maximum Gasteiger partial charge on any atom is 0.303 e. The standard InChI is InChI=1S/C12H12Cl3NO4/c13-7-5-8(14)12(9(15)6-7)20-4-3-16-10(17)1-2-11(18)19/h5-6H,1-4H2,(H,16,17)(H,18,19). The van der Waals surface area contributed by atoms with Crippen LogP contribution in [-0.4, -0.2) is 30.1 Å². The third-order valence-electron chi connectivity index (χ3n) is 2.20. The van der Waals surface area contributed by atoms with Crippen molar-refractivity contribution >= 4 is 46.7 Å². The summed E-state index contributed by atoms with van der Waals surface area (Å²) in [6.45, 7) is 0.369. The van der Waals surface area contributed by atoms with E-state index < -0.39 is 5.97 Å². The van der Waals surface area contributed by atoms with Crippen LogP contribution < -0.4 is 10.1 Å². The molecule has 1 amide bonds. The van der Waals surface area contributed by atoms with Crippen LogP contribution in [0.4, 0.5) is 0 Å². The Kier molecular flexibility index (Phi) is 6.91. The molecule has 0 bridgehead atoms. The number of carbonyl (C=O) groups is 2. The first kappa shape index (κ1) is 16.9. The van der Waals surface area contributed by atoms with Gasteiger partial charge in [-0.3, -0.25) is 9.59 Å². The van der Waals surface area contributed by atoms with E-state index in [9.17, 15) is 9.59 Å². The first-order chi connectivity index (χ1) is 9.40. The number of aliphatic carboxylic acids is 1. The summed E-state index contributed by atoms with van der Waals surface area (Å²) >= 11 is 17.6. The molecule has 0 atom stereocenters. The minimum Gasteiger partial charge on any atom is -0.489 e. The molecule has 110 valence electrons. The summed E-state index contributed by atoms with van der Waals surface area (Å²) in [5, 5.41) is 11.9. The van der Waals surface area contributed by atoms with Gasteiger partial charge in [-0.1, -0.05) is 34.8 Å². The number of nitrogens with one attached hydrogen (secondary N) is 1. The zero-order valence-electron chi connectivity index (χ0n) is 10.3. The SMILES string of the molecule is O=C(O)CCC(=O)NCCOc1c(Cl)cc(Cl)cc1Cl. The fourth-order valence-corrected chi connectivity index (χ4v) is 2.25. The summed E-state index contributed by atoms with van der Waals surface area (Å²) in [6, 6.07) is 2.99. The Labute approximate surface area is 130 Å². The van der Waals surface area contributed by atoms with Gasteiger partial charge in [-0.25, -0.2) is 0 Å². The van der Waals surface area contributed by atoms with Crippen molar-refractivity contribution in [2.75, 3.05) is 13.2 Å². The molecular weight excluding hydrogens is 328 g/mol. The summed E-state index contributed by atoms with van der Waals surface area (Å²) < 4.78 is 5.34. The number of ether oxygens (including phenoxy) is 1. The largest absolute Gasteiger partial charge is 0.489 e. The van der Waals surface area contributed by atoms with Crippen molar-refractivity contribution in [3.8, 4) is 5.75 Å². The van der Waals surface area contributed by atoms with Crippen LogP contribution in [0.25, 0.3) is 0 Å². The average Bonchev–Trinajstić information content (AvgIpc) is 2.34. The van der Waals surface area contributed by atoms with Crippen LogP contribution in [0.3, 0.4) is 0 Å². The molecular formula is C12H12Cl3NO4. The van der Waals surface area contributed by atoms with Gasteiger partial charge in [0.1, 0.15) is 6.61 Å². The molecule has 0 aliphatic carbocycles. The lowest BCUT2D eigenvalue weighted by Crippen LogP contribution is -2.28. The molecule has 0 aromatic heterocycles. The minimum atomic E-state index is -1.02. The van der Waals surface area contributed by atoms with E-state index in [0.717, 1.165) is 0 Å². The zero-order valence-corrected chi connectivity index (χ0v) is 12.6. The Morgan fingerprint density at radius 3 is 2.30 bits per heavy atom. The Morgan fingerprint density at radius 1 is 1.15 bits per heavy atom. The topological polar surface area (TPSA) is 75.6 Å². The van der Waals surface area contributed by atoms with Crippen LogP contribution in [0.5, 0.6) is 5.75 Å². The van der Waals surface area contributed by atoms with Crippen LogP contribution in [0, 0.1) is 0 Å². The second kappa shape index (κ2) is 8.19. The van der Waals surface area contributed by atoms with Crippen molar-refractivity contribution in [1.29, 1.82) is 0 Å². The van der Waals surface area contributed by atoms with Gasteiger partial charge in [0.05, 0.1) is 23.0 Å². The van der Waals surface area contributed by atoms with E-state index in [4.69, 9.17) is 44.6 Å². The van der Waals surface area contributed by atoms with E-state index in [1.165, 1.54) is 12.1 Å². The molecule has 0 aliphatic heterocycles. The van der Waals surface area contributed by atoms with Gasteiger partial charge in [0.25, 0.3) is 0 Å². The summed E-state index contributed by atoms with van der Waals surface area (Å²) in [6.07, 6.45) is -0.278. The van der Waals surface area contributed by atoms with Crippen molar-refractivity contribution in [3.05, 3.63) is 27.2 Å². The monoisotopic (exact) mass is 339 g/mol. The van der Waals surface area contributed by atoms with E-state index >= 15 is 0 Å². The molecule has 1 aromatic carbocycles. The fraction of sp³-hybridized carbons (Fsp3) is 0.333. The molecule has 1 aromatic rings. The van der Waals surface area contributed by atoms with Crippen LogP contribution >= 0.6 is 34.8 Å². The number of carbonyl (C=O) groups excluding carboxylic acids is 1. The van der Waals surface area contributed by atoms with Gasteiger partial charge < -0.3 is 15.2 Å². The number of amides is 1. The molecule has 0 aliphatic rings. The normalized spacial score (nSPS) is 10.2. The van der Waals surface area contributed by atoms with Crippen LogP contribution in [0.15, 0.2) is 12.1 Å². The van der Waals surface area contributed by atoms with Gasteiger partial charge in [-0.05, 0) is 12.1 Å². The first-order valence-electron chi connectivity index (χ1n) is 5.66. The molecule has 20 heavy (non-hydrogen) atoms. The number of hydrogen-bond donors (Lipinski definition) is 2. The highest BCUT2D eigenvalue weighted by Gasteiger charge is 2.09. The molecule has 0 radical (unpaired) electrons. The third kappa shape index (κ3) is 5.86. The summed E-state index contributed by atoms with van der Waals surface area (Å²) in [4.78, 5) is 21.5. The molecule has 5 nitrogen and oxygen atoms in total. The Hall–Kier alpha value is -1.17. The second-order valence-corrected chi connectivity index (χ2v) is 5.04. The molecule has 0 spiro atoms. The second-order valence-electron chi connectivity index (χ2n) is 3.79. The zero-order chi connectivity index (χ0) is 15.1. The van der Waals surface area contributed by atoms with Crippen LogP contribution in [0.2, 0.25) is 15.1 Å². The first-order valence-corrected chi connectivity index (χ1v) is 6.79. The van der Waals surface area contributed by atoms with Gasteiger partial charge >= 0.3 is 5.97 Å². The Bertz CT molecular complexity index is 484. The van der Waals surface area contributed by atoms with Crippen molar-refractivity contribution in [2.24, 2.45) is 0 Å². The molecule has 0 fully saturated rings. The lowest BCUT2D eigenvalue weighted by molar-refractivity contribution is -0.138. The van der Waals surface area contributed by atoms with E-state index in [1.54, 1.807) is 0 Å². The van der Waals surface area contributed by atoms with Crippen LogP contribution in [0.1, 0.15) is 12.8 Å². The fourth-order valence-electron chi connectivity index (χ4n) is 1.32. The lowest BCUT2D eigenvalue weighted by Gasteiger charge is -2.10. The van der Waals surface area contributed by atoms with Crippen molar-refractivity contribution < 1.29 is 19.4 Å². The number of hydrogen-bond acceptors (Lipinski definition) is 3. The number of halogens is 3. The molecule has 2 N–H and O–H groups in total. The highest BCUT2D eigenvalue weighted by Crippen LogP contribution is 2.35. The summed E-state index contributed by atoms with van der Waals surface area (Å²) in [5.41, 5.74) is 0. The maximum atomic E-state index is 11.2. The highest BCUT2D eigenvalue weighted by molar-refractivity contribution is 6.40. The number of rotatable bonds is 7. The van der Waals surface area contributed by atoms with E-state index in [1.807, 2.05) is 0 Å². The number of carboxylic acids is 1. The predicted octanol–water partition coefficient (Wildman–Crippen LogP) is 3.01. The quantitative estimate of drug-likeness (QED) is 0.748. The van der Waals surface area contributed by atoms with Crippen molar-refractivity contribution in [2.45, 2.75) is 12.8 Å². The number of carboxylic acid groups (broad SMARTS) is 1. The predicted molar refractivity (Wildman–Crippen MR) is 76.8 cm³/mol. The smallest absolute Gasteiger partial charge is 0.303 e. The molecule has 0 saturated heterocycles. The third-order valence-corrected chi connectivity index (χ3v) is 2.98. The molecule has 1 rings (SSSR count). The van der Waals surface area contributed by atoms with Gasteiger partial charge in [0, 0.05) is 11.4 Å². The van der Waals surface area contributed by atoms with Gasteiger partial charge in [-0.2, -0.15) is 0 Å². The number of benzene rings is 1. The summed E-state index contributed by atoms with van der Waals surface area (Å²) in [7, 11) is 0. The van der Waals surface area contributed by atoms with E-state index in [0.29, 0.717) is 5.02 Å². The van der Waals surface area contributed by atoms with E-state index in [2.05, 4.69) is 5.32 Å². The molecule has 8 heteroatoms. The minimum absolute atomic E-state index is 0.0716. The van der Waals surface area contributed by atoms with Crippen molar-refractivity contribution in [3.63, 3.8) is 0 Å². The molecule has 0 unspecified atom stereocenters. The Balaban J connectivity index is 2.35. The maximum absolute atomic E-state index is 11.2. The molecule has 0 saturated carbocycles. The van der Waals surface area contributed by atoms with Gasteiger partial charge in [-0.15, -0.1) is 0 Å². The molecule has 0 heterocycles. The van der Waals surface area contributed by atoms with Gasteiger partial charge in [0.2, 0.25) is 5.91 Å². The average molecular weight is 341 g/mol. The highest BCUT2D eigenvalue weighted by atomic mass is 35.5. The Morgan fingerprint density at radius 2 is 1.75 bits per heavy atom. The van der Waals surface area contributed by atoms with Gasteiger partial charge in [0.15, 0.2) is 5.75 Å². The summed E-state index contributed by atoms with van der Waals surface area (Å²) in [5.74, 6) is -1.09. The van der Waals surface area contributed by atoms with E-state index in [-0.39, 0.29) is 47.7 Å². The lowest BCUT2D eigenvalue weighted by atomic mass is 10.3.